The van der Waals surface area contributed by atoms with E-state index in [4.69, 9.17) is 16.3 Å². The Labute approximate surface area is 187 Å². The summed E-state index contributed by atoms with van der Waals surface area (Å²) < 4.78 is 5.44. The van der Waals surface area contributed by atoms with Gasteiger partial charge in [-0.05, 0) is 42.2 Å². The number of aliphatic hydroxyl groups excluding tert-OH is 1. The van der Waals surface area contributed by atoms with E-state index in [2.05, 4.69) is 34.2 Å². The Morgan fingerprint density at radius 1 is 1.28 bits per heavy atom. The molecule has 1 saturated carbocycles. The minimum atomic E-state index is 0.270. The maximum atomic E-state index is 10.6. The van der Waals surface area contributed by atoms with Crippen molar-refractivity contribution in [2.45, 2.75) is 66.9 Å². The van der Waals surface area contributed by atoms with Crippen LogP contribution in [0.1, 0.15) is 55.9 Å². The van der Waals surface area contributed by atoms with Crippen LogP contribution in [0.3, 0.4) is 0 Å². The summed E-state index contributed by atoms with van der Waals surface area (Å²) in [6.45, 7) is 2.11. The zero-order valence-electron chi connectivity index (χ0n) is 17.0. The standard InChI is InChI=1S/C23H30ClNO2S2/c1-27-18-11-14-8-9-25(13-21-22(24)15-5-2-3-6-19(15)29-21)23(16(14)12-17(18)26)20-7-4-10-28-20/h4,7,10,15,19,21-23,26H,2-3,5-6,8-9,11-13H2,1H3. The molecule has 0 amide bonds. The first-order valence-corrected chi connectivity index (χ1v) is 13.1. The normalized spacial score (nSPS) is 35.6. The van der Waals surface area contributed by atoms with Crippen LogP contribution >= 0.6 is 34.7 Å². The fraction of sp³-hybridized carbons (Fsp3) is 0.652. The maximum Gasteiger partial charge on any atom is 0.137 e. The van der Waals surface area contributed by atoms with Gasteiger partial charge in [0.2, 0.25) is 0 Å². The van der Waals surface area contributed by atoms with E-state index in [1.165, 1.54) is 41.7 Å². The van der Waals surface area contributed by atoms with Crippen molar-refractivity contribution >= 4 is 34.7 Å². The average molecular weight is 452 g/mol. The summed E-state index contributed by atoms with van der Waals surface area (Å²) in [4.78, 5) is 4.04. The topological polar surface area (TPSA) is 32.7 Å². The quantitative estimate of drug-likeness (QED) is 0.431. The SMILES string of the molecule is COC1=C(O)CC2=C(CCN(CC3SC4CCCCC4C3Cl)C2c2cccs2)C1. The first-order valence-electron chi connectivity index (χ1n) is 10.9. The van der Waals surface area contributed by atoms with Crippen molar-refractivity contribution < 1.29 is 9.84 Å². The van der Waals surface area contributed by atoms with Crippen LogP contribution in [0.15, 0.2) is 40.2 Å². The highest BCUT2D eigenvalue weighted by Crippen LogP contribution is 2.51. The molecule has 3 nitrogen and oxygen atoms in total. The van der Waals surface area contributed by atoms with E-state index in [0.29, 0.717) is 28.7 Å². The molecule has 5 unspecified atom stereocenters. The molecule has 1 saturated heterocycles. The largest absolute Gasteiger partial charge is 0.508 e. The van der Waals surface area contributed by atoms with Crippen LogP contribution in [-0.2, 0) is 4.74 Å². The molecule has 2 aliphatic carbocycles. The number of hydrogen-bond acceptors (Lipinski definition) is 5. The lowest BCUT2D eigenvalue weighted by Gasteiger charge is -2.41. The molecule has 0 bridgehead atoms. The van der Waals surface area contributed by atoms with Crippen LogP contribution in [-0.4, -0.2) is 46.1 Å². The summed E-state index contributed by atoms with van der Waals surface area (Å²) >= 11 is 11.0. The minimum absolute atomic E-state index is 0.270. The Morgan fingerprint density at radius 3 is 2.90 bits per heavy atom. The molecule has 3 heterocycles. The monoisotopic (exact) mass is 451 g/mol. The summed E-state index contributed by atoms with van der Waals surface area (Å²) in [6, 6.07) is 4.67. The van der Waals surface area contributed by atoms with Gasteiger partial charge in [0, 0.05) is 41.3 Å². The number of aliphatic hydroxyl groups is 1. The molecule has 2 fully saturated rings. The predicted molar refractivity (Wildman–Crippen MR) is 123 cm³/mol. The second kappa shape index (κ2) is 8.49. The van der Waals surface area contributed by atoms with Gasteiger partial charge in [-0.15, -0.1) is 22.9 Å². The number of hydrogen-bond donors (Lipinski definition) is 1. The lowest BCUT2D eigenvalue weighted by atomic mass is 9.82. The molecular formula is C23H30ClNO2S2. The molecule has 0 radical (unpaired) electrons. The second-order valence-corrected chi connectivity index (χ2v) is 11.8. The van der Waals surface area contributed by atoms with Gasteiger partial charge in [-0.1, -0.05) is 24.5 Å². The van der Waals surface area contributed by atoms with Crippen molar-refractivity contribution in [3.05, 3.63) is 45.1 Å². The first-order chi connectivity index (χ1) is 14.2. The number of methoxy groups -OCH3 is 1. The van der Waals surface area contributed by atoms with Gasteiger partial charge in [-0.3, -0.25) is 4.90 Å². The lowest BCUT2D eigenvalue weighted by Crippen LogP contribution is -2.41. The number of thioether (sulfide) groups is 1. The Bertz CT molecular complexity index is 806. The highest BCUT2D eigenvalue weighted by Gasteiger charge is 2.45. The van der Waals surface area contributed by atoms with Crippen LogP contribution in [0.4, 0.5) is 0 Å². The van der Waals surface area contributed by atoms with Gasteiger partial charge in [0.15, 0.2) is 0 Å². The van der Waals surface area contributed by atoms with Crippen LogP contribution in [0.25, 0.3) is 0 Å². The third-order valence-corrected chi connectivity index (χ3v) is 10.7. The number of alkyl halides is 1. The summed E-state index contributed by atoms with van der Waals surface area (Å²) in [6.07, 6.45) is 7.81. The van der Waals surface area contributed by atoms with E-state index in [-0.39, 0.29) is 6.04 Å². The van der Waals surface area contributed by atoms with E-state index in [9.17, 15) is 5.11 Å². The number of ether oxygens (including phenoxy) is 1. The summed E-state index contributed by atoms with van der Waals surface area (Å²) in [7, 11) is 1.67. The van der Waals surface area contributed by atoms with Gasteiger partial charge in [-0.2, -0.15) is 11.8 Å². The van der Waals surface area contributed by atoms with Crippen LogP contribution in [0, 0.1) is 5.92 Å². The van der Waals surface area contributed by atoms with Gasteiger partial charge in [0.05, 0.1) is 18.5 Å². The molecule has 2 aliphatic heterocycles. The van der Waals surface area contributed by atoms with Gasteiger partial charge < -0.3 is 9.84 Å². The van der Waals surface area contributed by atoms with E-state index >= 15 is 0 Å². The van der Waals surface area contributed by atoms with E-state index in [1.807, 2.05) is 11.3 Å². The molecule has 0 spiro atoms. The highest BCUT2D eigenvalue weighted by atomic mass is 35.5. The summed E-state index contributed by atoms with van der Waals surface area (Å²) in [5, 5.41) is 14.3. The number of fused-ring (bicyclic) bond motifs is 1. The van der Waals surface area contributed by atoms with Gasteiger partial charge in [0.25, 0.3) is 0 Å². The van der Waals surface area contributed by atoms with E-state index < -0.39 is 0 Å². The predicted octanol–water partition coefficient (Wildman–Crippen LogP) is 6.28. The fourth-order valence-electron chi connectivity index (χ4n) is 5.77. The molecule has 158 valence electrons. The molecule has 0 aromatic carbocycles. The average Bonchev–Trinajstić information content (AvgIpc) is 3.36. The molecule has 5 rings (SSSR count). The second-order valence-electron chi connectivity index (χ2n) is 8.82. The van der Waals surface area contributed by atoms with Crippen LogP contribution < -0.4 is 0 Å². The third-order valence-electron chi connectivity index (χ3n) is 7.24. The maximum absolute atomic E-state index is 10.6. The molecule has 1 N–H and O–H groups in total. The number of nitrogens with zero attached hydrogens (tertiary/aromatic N) is 1. The van der Waals surface area contributed by atoms with Crippen LogP contribution in [0.5, 0.6) is 0 Å². The van der Waals surface area contributed by atoms with Crippen molar-refractivity contribution in [3.63, 3.8) is 0 Å². The van der Waals surface area contributed by atoms with Gasteiger partial charge >= 0.3 is 0 Å². The minimum Gasteiger partial charge on any atom is -0.508 e. The highest BCUT2D eigenvalue weighted by molar-refractivity contribution is 8.01. The van der Waals surface area contributed by atoms with Crippen molar-refractivity contribution in [1.29, 1.82) is 0 Å². The number of halogens is 1. The van der Waals surface area contributed by atoms with Crippen molar-refractivity contribution in [2.24, 2.45) is 5.92 Å². The zero-order chi connectivity index (χ0) is 20.0. The van der Waals surface area contributed by atoms with Crippen LogP contribution in [0.2, 0.25) is 0 Å². The smallest absolute Gasteiger partial charge is 0.137 e. The van der Waals surface area contributed by atoms with Gasteiger partial charge in [0.1, 0.15) is 11.5 Å². The van der Waals surface area contributed by atoms with Crippen molar-refractivity contribution in [2.75, 3.05) is 20.2 Å². The summed E-state index contributed by atoms with van der Waals surface area (Å²) in [5.74, 6) is 1.86. The molecule has 1 aromatic rings. The number of rotatable bonds is 4. The molecule has 4 aliphatic rings. The molecule has 5 atom stereocenters. The van der Waals surface area contributed by atoms with Gasteiger partial charge in [-0.25, -0.2) is 0 Å². The number of allylic oxidation sites excluding steroid dienone is 2. The molecule has 29 heavy (non-hydrogen) atoms. The molecular weight excluding hydrogens is 422 g/mol. The first kappa shape index (κ1) is 20.3. The number of thiophene rings is 1. The molecule has 6 heteroatoms. The third kappa shape index (κ3) is 3.77. The fourth-order valence-corrected chi connectivity index (χ4v) is 9.20. The zero-order valence-corrected chi connectivity index (χ0v) is 19.4. The van der Waals surface area contributed by atoms with Crippen molar-refractivity contribution in [3.8, 4) is 0 Å². The Balaban J connectivity index is 1.40. The Hall–Kier alpha value is -0.620. The summed E-state index contributed by atoms with van der Waals surface area (Å²) in [5.41, 5.74) is 2.85. The Morgan fingerprint density at radius 2 is 2.14 bits per heavy atom. The molecule has 1 aromatic heterocycles. The lowest BCUT2D eigenvalue weighted by molar-refractivity contribution is 0.187. The van der Waals surface area contributed by atoms with E-state index in [0.717, 1.165) is 36.9 Å². The Kier molecular flexibility index (Phi) is 5.94. The van der Waals surface area contributed by atoms with Crippen molar-refractivity contribution in [1.82, 2.24) is 4.90 Å². The van der Waals surface area contributed by atoms with E-state index in [1.54, 1.807) is 7.11 Å².